The first-order chi connectivity index (χ1) is 11.2. The van der Waals surface area contributed by atoms with Crippen molar-refractivity contribution < 1.29 is 13.9 Å². The van der Waals surface area contributed by atoms with Crippen molar-refractivity contribution in [3.63, 3.8) is 0 Å². The molecule has 3 rings (SSSR count). The molecule has 1 atom stereocenters. The van der Waals surface area contributed by atoms with Crippen LogP contribution in [0.1, 0.15) is 26.3 Å². The summed E-state index contributed by atoms with van der Waals surface area (Å²) in [6.45, 7) is 11.9. The highest BCUT2D eigenvalue weighted by Crippen LogP contribution is 2.38. The number of fused-ring (bicyclic) bond motifs is 3. The van der Waals surface area contributed by atoms with Crippen molar-refractivity contribution in [1.82, 2.24) is 9.97 Å². The molecule has 3 heterocycles. The number of ether oxygens (including phenoxy) is 2. The monoisotopic (exact) mass is 346 g/mol. The van der Waals surface area contributed by atoms with Crippen LogP contribution in [0.15, 0.2) is 18.3 Å². The molecule has 0 saturated heterocycles. The smallest absolute Gasteiger partial charge is 0.213 e. The number of hydrogen-bond donors (Lipinski definition) is 0. The minimum absolute atomic E-state index is 0.0227. The van der Waals surface area contributed by atoms with Gasteiger partial charge in [0.15, 0.2) is 8.32 Å². The average Bonchev–Trinajstić information content (AvgIpc) is 2.95. The van der Waals surface area contributed by atoms with E-state index in [1.807, 2.05) is 12.1 Å². The first-order valence-corrected chi connectivity index (χ1v) is 11.3. The third-order valence-corrected chi connectivity index (χ3v) is 9.62. The number of aromatic nitrogens is 2. The Balaban J connectivity index is 1.78. The number of nitrogens with zero attached hydrogens (tertiary/aromatic N) is 2. The largest absolute Gasteiger partial charge is 0.486 e. The van der Waals surface area contributed by atoms with Crippen molar-refractivity contribution in [1.29, 1.82) is 0 Å². The zero-order valence-electron chi connectivity index (χ0n) is 15.3. The topological polar surface area (TPSA) is 53.5 Å². The van der Waals surface area contributed by atoms with Gasteiger partial charge in [-0.05, 0) is 24.2 Å². The second kappa shape index (κ2) is 6.00. The molecule has 6 heteroatoms. The van der Waals surface area contributed by atoms with Gasteiger partial charge in [-0.25, -0.2) is 4.98 Å². The van der Waals surface area contributed by atoms with E-state index in [1.54, 1.807) is 13.3 Å². The zero-order chi connectivity index (χ0) is 17.5. The van der Waals surface area contributed by atoms with Crippen LogP contribution in [0.2, 0.25) is 18.1 Å². The van der Waals surface area contributed by atoms with Crippen molar-refractivity contribution in [3.05, 3.63) is 23.9 Å². The normalized spacial score (nSPS) is 17.7. The van der Waals surface area contributed by atoms with Crippen molar-refractivity contribution in [3.8, 4) is 11.6 Å². The summed E-state index contributed by atoms with van der Waals surface area (Å²) in [7, 11) is -0.153. The first-order valence-electron chi connectivity index (χ1n) is 8.34. The molecule has 0 radical (unpaired) electrons. The van der Waals surface area contributed by atoms with Gasteiger partial charge in [0.05, 0.1) is 30.9 Å². The van der Waals surface area contributed by atoms with Crippen LogP contribution in [0.4, 0.5) is 0 Å². The lowest BCUT2D eigenvalue weighted by Crippen LogP contribution is -2.43. The lowest BCUT2D eigenvalue weighted by Gasteiger charge is -2.36. The van der Waals surface area contributed by atoms with Gasteiger partial charge in [-0.1, -0.05) is 20.8 Å². The Labute approximate surface area is 144 Å². The van der Waals surface area contributed by atoms with E-state index in [-0.39, 0.29) is 11.1 Å². The Morgan fingerprint density at radius 3 is 2.71 bits per heavy atom. The summed E-state index contributed by atoms with van der Waals surface area (Å²) < 4.78 is 17.6. The quantitative estimate of drug-likeness (QED) is 0.784. The molecule has 0 spiro atoms. The highest BCUT2D eigenvalue weighted by Gasteiger charge is 2.38. The second-order valence-corrected chi connectivity index (χ2v) is 12.6. The van der Waals surface area contributed by atoms with Crippen LogP contribution in [-0.4, -0.2) is 38.1 Å². The Morgan fingerprint density at radius 1 is 1.29 bits per heavy atom. The van der Waals surface area contributed by atoms with Gasteiger partial charge in [-0.2, -0.15) is 0 Å². The maximum atomic E-state index is 6.31. The van der Waals surface area contributed by atoms with Crippen LogP contribution in [0, 0.1) is 0 Å². The molecular formula is C18H26N2O3Si. The van der Waals surface area contributed by atoms with Gasteiger partial charge in [0.2, 0.25) is 5.88 Å². The van der Waals surface area contributed by atoms with Crippen LogP contribution >= 0.6 is 0 Å². The summed E-state index contributed by atoms with van der Waals surface area (Å²) in [5.74, 6) is 1.41. The van der Waals surface area contributed by atoms with Gasteiger partial charge in [-0.15, -0.1) is 0 Å². The number of hydrogen-bond acceptors (Lipinski definition) is 5. The van der Waals surface area contributed by atoms with Crippen LogP contribution in [0.5, 0.6) is 11.6 Å². The minimum Gasteiger partial charge on any atom is -0.486 e. The molecule has 0 aromatic carbocycles. The van der Waals surface area contributed by atoms with Crippen LogP contribution < -0.4 is 9.47 Å². The average molecular weight is 347 g/mol. The number of methoxy groups -OCH3 is 1. The van der Waals surface area contributed by atoms with E-state index in [1.165, 1.54) is 0 Å². The summed E-state index contributed by atoms with van der Waals surface area (Å²) in [5, 5.41) is 0.196. The molecule has 1 unspecified atom stereocenters. The predicted molar refractivity (Wildman–Crippen MR) is 97.4 cm³/mol. The van der Waals surface area contributed by atoms with Crippen LogP contribution in [0.25, 0.3) is 11.0 Å². The number of pyridine rings is 2. The fourth-order valence-electron chi connectivity index (χ4n) is 2.56. The van der Waals surface area contributed by atoms with E-state index in [0.29, 0.717) is 12.5 Å². The summed E-state index contributed by atoms with van der Waals surface area (Å²) in [6, 6.07) is 3.76. The molecule has 24 heavy (non-hydrogen) atoms. The zero-order valence-corrected chi connectivity index (χ0v) is 16.3. The molecule has 0 N–H and O–H groups in total. The molecule has 5 nitrogen and oxygen atoms in total. The molecule has 1 aliphatic heterocycles. The molecule has 0 saturated carbocycles. The van der Waals surface area contributed by atoms with E-state index >= 15 is 0 Å². The summed E-state index contributed by atoms with van der Waals surface area (Å²) in [4.78, 5) is 8.99. The molecule has 1 aliphatic rings. The fraction of sp³-hybridized carbons (Fsp3) is 0.556. The standard InChI is InChI=1S/C18H26N2O3Si/c1-18(2,3)24(5,6)22-11-12-9-13-15(23-12)10-19-14-7-8-16(21-4)20-17(13)14/h7-8,10,12H,9,11H2,1-6H3. The minimum atomic E-state index is -1.78. The Bertz CT molecular complexity index is 756. The van der Waals surface area contributed by atoms with E-state index in [2.05, 4.69) is 43.8 Å². The summed E-state index contributed by atoms with van der Waals surface area (Å²) in [6.07, 6.45) is 2.61. The third-order valence-electron chi connectivity index (χ3n) is 5.12. The summed E-state index contributed by atoms with van der Waals surface area (Å²) >= 11 is 0. The van der Waals surface area contributed by atoms with Crippen molar-refractivity contribution in [2.24, 2.45) is 0 Å². The molecule has 0 aliphatic carbocycles. The van der Waals surface area contributed by atoms with Gasteiger partial charge in [0.1, 0.15) is 11.9 Å². The SMILES string of the molecule is COc1ccc2ncc3c(c2n1)CC(CO[Si](C)(C)C(C)(C)C)O3. The molecular weight excluding hydrogens is 320 g/mol. The third kappa shape index (κ3) is 3.12. The van der Waals surface area contributed by atoms with E-state index < -0.39 is 8.32 Å². The first kappa shape index (κ1) is 17.2. The lowest BCUT2D eigenvalue weighted by molar-refractivity contribution is 0.138. The fourth-order valence-corrected chi connectivity index (χ4v) is 3.59. The van der Waals surface area contributed by atoms with Gasteiger partial charge in [0.25, 0.3) is 0 Å². The van der Waals surface area contributed by atoms with E-state index in [9.17, 15) is 0 Å². The van der Waals surface area contributed by atoms with Crippen molar-refractivity contribution in [2.45, 2.75) is 51.4 Å². The predicted octanol–water partition coefficient (Wildman–Crippen LogP) is 3.96. The molecule has 0 amide bonds. The van der Waals surface area contributed by atoms with E-state index in [4.69, 9.17) is 13.9 Å². The van der Waals surface area contributed by atoms with Crippen molar-refractivity contribution >= 4 is 19.4 Å². The van der Waals surface area contributed by atoms with E-state index in [0.717, 1.165) is 28.8 Å². The second-order valence-electron chi connectivity index (χ2n) is 7.84. The lowest BCUT2D eigenvalue weighted by atomic mass is 10.1. The van der Waals surface area contributed by atoms with Crippen LogP contribution in [0.3, 0.4) is 0 Å². The van der Waals surface area contributed by atoms with Crippen molar-refractivity contribution in [2.75, 3.05) is 13.7 Å². The Kier molecular flexibility index (Phi) is 4.30. The molecule has 130 valence electrons. The Hall–Kier alpha value is -1.66. The maximum Gasteiger partial charge on any atom is 0.213 e. The number of rotatable bonds is 4. The molecule has 0 bridgehead atoms. The molecule has 2 aromatic rings. The highest BCUT2D eigenvalue weighted by atomic mass is 28.4. The molecule has 2 aromatic heterocycles. The Morgan fingerprint density at radius 2 is 2.04 bits per heavy atom. The highest BCUT2D eigenvalue weighted by molar-refractivity contribution is 6.74. The van der Waals surface area contributed by atoms with Gasteiger partial charge in [0, 0.05) is 18.1 Å². The summed E-state index contributed by atoms with van der Waals surface area (Å²) in [5.41, 5.74) is 2.83. The van der Waals surface area contributed by atoms with Gasteiger partial charge >= 0.3 is 0 Å². The van der Waals surface area contributed by atoms with Gasteiger partial charge < -0.3 is 13.9 Å². The van der Waals surface area contributed by atoms with Crippen LogP contribution in [-0.2, 0) is 10.8 Å². The molecule has 0 fully saturated rings. The maximum absolute atomic E-state index is 6.31. The van der Waals surface area contributed by atoms with Gasteiger partial charge in [-0.3, -0.25) is 4.98 Å².